The van der Waals surface area contributed by atoms with E-state index in [1.54, 1.807) is 18.2 Å². The van der Waals surface area contributed by atoms with Crippen molar-refractivity contribution >= 4 is 16.8 Å². The van der Waals surface area contributed by atoms with Crippen molar-refractivity contribution in [1.82, 2.24) is 9.88 Å². The smallest absolute Gasteiger partial charge is 0.251 e. The first-order valence-electron chi connectivity index (χ1n) is 13.4. The minimum Gasteiger partial charge on any atom is -0.508 e. The molecule has 6 heteroatoms. The normalized spacial score (nSPS) is 12.8. The third-order valence-electron chi connectivity index (χ3n) is 7.22. The van der Waals surface area contributed by atoms with Crippen molar-refractivity contribution in [3.63, 3.8) is 0 Å². The fraction of sp³-hybridized carbons (Fsp3) is 0.364. The third-order valence-corrected chi connectivity index (χ3v) is 7.22. The standard InChI is InChI=1S/C33H38F2N2O2/c1-19(2)18-37-21(4)30(12-22-10-26(34)17-28(38)11-22)29-9-8-23(15-31(29)37)32(39)36-20(3)24-13-25(33(5,6)7)16-27(35)14-24/h8-11,13-17,19-20,38H,12,18H2,1-7H3,(H,36,39)/t20-/m0/s1. The Bertz CT molecular complexity index is 1510. The molecule has 4 rings (SSSR count). The molecule has 1 atom stereocenters. The van der Waals surface area contributed by atoms with Crippen molar-refractivity contribution in [3.8, 4) is 5.75 Å². The summed E-state index contributed by atoms with van der Waals surface area (Å²) >= 11 is 0. The first-order chi connectivity index (χ1) is 18.2. The van der Waals surface area contributed by atoms with E-state index < -0.39 is 5.82 Å². The van der Waals surface area contributed by atoms with E-state index in [9.17, 15) is 18.7 Å². The topological polar surface area (TPSA) is 54.3 Å². The molecule has 0 fully saturated rings. The monoisotopic (exact) mass is 532 g/mol. The molecule has 0 spiro atoms. The second kappa shape index (κ2) is 10.8. The Morgan fingerprint density at radius 2 is 1.67 bits per heavy atom. The quantitative estimate of drug-likeness (QED) is 0.254. The molecule has 0 unspecified atom stereocenters. The average molecular weight is 533 g/mol. The molecule has 1 heterocycles. The van der Waals surface area contributed by atoms with Crippen LogP contribution in [0.4, 0.5) is 8.78 Å². The minimum atomic E-state index is -0.477. The van der Waals surface area contributed by atoms with E-state index in [0.717, 1.165) is 40.3 Å². The number of amides is 1. The highest BCUT2D eigenvalue weighted by molar-refractivity contribution is 5.99. The molecule has 206 valence electrons. The van der Waals surface area contributed by atoms with Crippen LogP contribution in [0, 0.1) is 24.5 Å². The highest BCUT2D eigenvalue weighted by atomic mass is 19.1. The number of carbonyl (C=O) groups is 1. The van der Waals surface area contributed by atoms with Crippen LogP contribution in [-0.2, 0) is 18.4 Å². The Balaban J connectivity index is 1.68. The molecule has 0 aliphatic heterocycles. The number of hydrogen-bond acceptors (Lipinski definition) is 2. The maximum Gasteiger partial charge on any atom is 0.251 e. The van der Waals surface area contributed by atoms with Gasteiger partial charge < -0.3 is 15.0 Å². The van der Waals surface area contributed by atoms with Crippen LogP contribution in [0.3, 0.4) is 0 Å². The van der Waals surface area contributed by atoms with Crippen LogP contribution < -0.4 is 5.32 Å². The number of halogens is 2. The zero-order chi connectivity index (χ0) is 28.6. The number of hydrogen-bond donors (Lipinski definition) is 2. The number of carbonyl (C=O) groups excluding carboxylic acids is 1. The average Bonchev–Trinajstić information content (AvgIpc) is 3.07. The summed E-state index contributed by atoms with van der Waals surface area (Å²) < 4.78 is 30.6. The number of fused-ring (bicyclic) bond motifs is 1. The van der Waals surface area contributed by atoms with Crippen LogP contribution in [0.25, 0.3) is 10.9 Å². The fourth-order valence-electron chi connectivity index (χ4n) is 5.11. The van der Waals surface area contributed by atoms with Gasteiger partial charge in [-0.25, -0.2) is 8.78 Å². The maximum atomic E-state index is 14.4. The molecule has 0 radical (unpaired) electrons. The molecular weight excluding hydrogens is 494 g/mol. The van der Waals surface area contributed by atoms with Gasteiger partial charge >= 0.3 is 0 Å². The van der Waals surface area contributed by atoms with E-state index in [0.29, 0.717) is 29.0 Å². The largest absolute Gasteiger partial charge is 0.508 e. The molecular formula is C33H38F2N2O2. The number of benzene rings is 3. The van der Waals surface area contributed by atoms with Gasteiger partial charge in [-0.15, -0.1) is 0 Å². The van der Waals surface area contributed by atoms with E-state index in [-0.39, 0.29) is 28.9 Å². The van der Waals surface area contributed by atoms with E-state index in [2.05, 4.69) is 23.7 Å². The number of nitrogens with zero attached hydrogens (tertiary/aromatic N) is 1. The van der Waals surface area contributed by atoms with Crippen LogP contribution >= 0.6 is 0 Å². The van der Waals surface area contributed by atoms with Gasteiger partial charge in [-0.3, -0.25) is 4.79 Å². The Morgan fingerprint density at radius 1 is 0.974 bits per heavy atom. The lowest BCUT2D eigenvalue weighted by atomic mass is 9.85. The molecule has 3 aromatic carbocycles. The van der Waals surface area contributed by atoms with Crippen molar-refractivity contribution in [1.29, 1.82) is 0 Å². The van der Waals surface area contributed by atoms with Gasteiger partial charge in [-0.1, -0.05) is 46.8 Å². The van der Waals surface area contributed by atoms with Crippen LogP contribution in [-0.4, -0.2) is 15.6 Å². The lowest BCUT2D eigenvalue weighted by Crippen LogP contribution is -2.27. The molecule has 0 aliphatic rings. The van der Waals surface area contributed by atoms with Crippen LogP contribution in [0.15, 0.2) is 54.6 Å². The number of nitrogens with one attached hydrogen (secondary N) is 1. The third kappa shape index (κ3) is 6.32. The predicted molar refractivity (Wildman–Crippen MR) is 153 cm³/mol. The number of phenols is 1. The summed E-state index contributed by atoms with van der Waals surface area (Å²) in [5, 5.41) is 13.9. The molecule has 0 bridgehead atoms. The molecule has 4 aromatic rings. The summed E-state index contributed by atoms with van der Waals surface area (Å²) in [6.45, 7) is 15.0. The first kappa shape index (κ1) is 28.3. The maximum absolute atomic E-state index is 14.4. The molecule has 2 N–H and O–H groups in total. The molecule has 0 saturated heterocycles. The highest BCUT2D eigenvalue weighted by Gasteiger charge is 2.21. The Hall–Kier alpha value is -3.67. The number of aromatic hydroxyl groups is 1. The Morgan fingerprint density at radius 3 is 2.31 bits per heavy atom. The van der Waals surface area contributed by atoms with E-state index in [1.165, 1.54) is 12.1 Å². The van der Waals surface area contributed by atoms with Crippen LogP contribution in [0.1, 0.15) is 85.9 Å². The minimum absolute atomic E-state index is 0.102. The molecule has 0 aliphatic carbocycles. The van der Waals surface area contributed by atoms with Crippen molar-refractivity contribution < 1.29 is 18.7 Å². The summed E-state index contributed by atoms with van der Waals surface area (Å²) in [5.41, 5.74) is 5.58. The Kier molecular flexibility index (Phi) is 7.87. The van der Waals surface area contributed by atoms with Gasteiger partial charge in [0.15, 0.2) is 0 Å². The van der Waals surface area contributed by atoms with E-state index >= 15 is 0 Å². The number of rotatable bonds is 7. The highest BCUT2D eigenvalue weighted by Crippen LogP contribution is 2.31. The Labute approximate surface area is 229 Å². The van der Waals surface area contributed by atoms with Crippen molar-refractivity contribution in [2.24, 2.45) is 5.92 Å². The van der Waals surface area contributed by atoms with Gasteiger partial charge in [0.1, 0.15) is 17.4 Å². The molecule has 1 aromatic heterocycles. The van der Waals surface area contributed by atoms with Crippen LogP contribution in [0.5, 0.6) is 5.75 Å². The summed E-state index contributed by atoms with van der Waals surface area (Å²) in [7, 11) is 0. The van der Waals surface area contributed by atoms with Gasteiger partial charge in [0.2, 0.25) is 0 Å². The molecule has 1 amide bonds. The van der Waals surface area contributed by atoms with Gasteiger partial charge in [0.05, 0.1) is 6.04 Å². The van der Waals surface area contributed by atoms with Gasteiger partial charge in [-0.05, 0) is 83.8 Å². The van der Waals surface area contributed by atoms with Gasteiger partial charge in [0.25, 0.3) is 5.91 Å². The van der Waals surface area contributed by atoms with E-state index in [1.807, 2.05) is 52.8 Å². The van der Waals surface area contributed by atoms with Gasteiger partial charge in [-0.2, -0.15) is 0 Å². The summed E-state index contributed by atoms with van der Waals surface area (Å²) in [5.74, 6) is -0.768. The molecule has 0 saturated carbocycles. The van der Waals surface area contributed by atoms with Crippen molar-refractivity contribution in [2.75, 3.05) is 0 Å². The SMILES string of the molecule is Cc1c(Cc2cc(O)cc(F)c2)c2ccc(C(=O)N[C@@H](C)c3cc(F)cc(C(C)(C)C)c3)cc2n1CC(C)C. The van der Waals surface area contributed by atoms with E-state index in [4.69, 9.17) is 0 Å². The van der Waals surface area contributed by atoms with Crippen molar-refractivity contribution in [2.45, 2.75) is 72.9 Å². The number of phenolic OH excluding ortho intramolecular Hbond substituents is 1. The zero-order valence-electron chi connectivity index (χ0n) is 23.8. The summed E-state index contributed by atoms with van der Waals surface area (Å²) in [4.78, 5) is 13.3. The number of aromatic nitrogens is 1. The second-order valence-electron chi connectivity index (χ2n) is 12.0. The van der Waals surface area contributed by atoms with Crippen LogP contribution in [0.2, 0.25) is 0 Å². The van der Waals surface area contributed by atoms with Crippen molar-refractivity contribution in [3.05, 3.63) is 99.7 Å². The lowest BCUT2D eigenvalue weighted by molar-refractivity contribution is 0.0940. The predicted octanol–water partition coefficient (Wildman–Crippen LogP) is 7.97. The van der Waals surface area contributed by atoms with Gasteiger partial charge in [0, 0.05) is 41.2 Å². The summed E-state index contributed by atoms with van der Waals surface area (Å²) in [6.07, 6.45) is 0.455. The zero-order valence-corrected chi connectivity index (χ0v) is 23.8. The fourth-order valence-corrected chi connectivity index (χ4v) is 5.11. The lowest BCUT2D eigenvalue weighted by Gasteiger charge is -2.22. The second-order valence-corrected chi connectivity index (χ2v) is 12.0. The molecule has 39 heavy (non-hydrogen) atoms. The molecule has 4 nitrogen and oxygen atoms in total. The first-order valence-corrected chi connectivity index (χ1v) is 13.4. The summed E-state index contributed by atoms with van der Waals surface area (Å²) in [6, 6.07) is 14.3.